The normalized spacial score (nSPS) is 10.9. The minimum absolute atomic E-state index is 0.169. The number of nitrogens with zero attached hydrogens (tertiary/aromatic N) is 3. The maximum atomic E-state index is 11.3. The monoisotopic (exact) mass is 226 g/mol. The van der Waals surface area contributed by atoms with Crippen molar-refractivity contribution in [1.82, 2.24) is 19.4 Å². The molecule has 0 fully saturated rings. The van der Waals surface area contributed by atoms with Crippen LogP contribution in [0.3, 0.4) is 0 Å². The Morgan fingerprint density at radius 3 is 2.94 bits per heavy atom. The first kappa shape index (κ1) is 9.77. The smallest absolute Gasteiger partial charge is 0.251 e. The third-order valence-electron chi connectivity index (χ3n) is 2.57. The number of hydrogen-bond donors (Lipinski definition) is 1. The Morgan fingerprint density at radius 2 is 2.12 bits per heavy atom. The van der Waals surface area contributed by atoms with Crippen LogP contribution in [0, 0.1) is 6.92 Å². The van der Waals surface area contributed by atoms with E-state index in [2.05, 4.69) is 15.0 Å². The van der Waals surface area contributed by atoms with E-state index in [1.165, 1.54) is 12.3 Å². The fourth-order valence-corrected chi connectivity index (χ4v) is 1.76. The molecule has 5 heteroatoms. The molecular formula is C12H10N4O. The Bertz CT molecular complexity index is 741. The van der Waals surface area contributed by atoms with Gasteiger partial charge in [0.05, 0.1) is 6.20 Å². The zero-order valence-corrected chi connectivity index (χ0v) is 9.21. The first-order chi connectivity index (χ1) is 8.24. The van der Waals surface area contributed by atoms with Crippen molar-refractivity contribution in [1.29, 1.82) is 0 Å². The molecule has 1 N–H and O–H groups in total. The lowest BCUT2D eigenvalue weighted by atomic mass is 10.3. The number of rotatable bonds is 1. The lowest BCUT2D eigenvalue weighted by molar-refractivity contribution is 1.07. The Labute approximate surface area is 96.8 Å². The molecule has 3 aromatic rings. The van der Waals surface area contributed by atoms with Crippen LogP contribution in [0.5, 0.6) is 0 Å². The van der Waals surface area contributed by atoms with Crippen molar-refractivity contribution in [2.24, 2.45) is 0 Å². The third-order valence-corrected chi connectivity index (χ3v) is 2.57. The number of aryl methyl sites for hydroxylation is 1. The predicted molar refractivity (Wildman–Crippen MR) is 63.8 cm³/mol. The highest BCUT2D eigenvalue weighted by Gasteiger charge is 2.07. The summed E-state index contributed by atoms with van der Waals surface area (Å²) in [6, 6.07) is 5.31. The molecule has 0 aromatic carbocycles. The number of hydrogen-bond acceptors (Lipinski definition) is 3. The van der Waals surface area contributed by atoms with Crippen molar-refractivity contribution in [2.75, 3.05) is 0 Å². The van der Waals surface area contributed by atoms with Crippen LogP contribution in [0.15, 0.2) is 41.6 Å². The molecule has 0 amide bonds. The SMILES string of the molecule is Cc1ccc2ncc(-c3nccc(=O)[nH]3)n2c1. The summed E-state index contributed by atoms with van der Waals surface area (Å²) in [5.41, 5.74) is 2.56. The molecule has 0 radical (unpaired) electrons. The average molecular weight is 226 g/mol. The van der Waals surface area contributed by atoms with E-state index in [9.17, 15) is 4.79 Å². The quantitative estimate of drug-likeness (QED) is 0.682. The van der Waals surface area contributed by atoms with Gasteiger partial charge in [0.15, 0.2) is 5.82 Å². The average Bonchev–Trinajstić information content (AvgIpc) is 2.71. The van der Waals surface area contributed by atoms with Gasteiger partial charge in [-0.05, 0) is 18.6 Å². The van der Waals surface area contributed by atoms with Crippen molar-refractivity contribution >= 4 is 5.65 Å². The summed E-state index contributed by atoms with van der Waals surface area (Å²) in [7, 11) is 0. The van der Waals surface area contributed by atoms with E-state index in [4.69, 9.17) is 0 Å². The van der Waals surface area contributed by atoms with Gasteiger partial charge in [-0.25, -0.2) is 9.97 Å². The van der Waals surface area contributed by atoms with E-state index in [0.29, 0.717) is 5.82 Å². The van der Waals surface area contributed by atoms with E-state index in [0.717, 1.165) is 16.9 Å². The van der Waals surface area contributed by atoms with Crippen molar-refractivity contribution < 1.29 is 0 Å². The Balaban J connectivity index is 2.30. The highest BCUT2D eigenvalue weighted by Crippen LogP contribution is 2.16. The number of imidazole rings is 1. The highest BCUT2D eigenvalue weighted by molar-refractivity contribution is 5.56. The molecule has 0 spiro atoms. The first-order valence-corrected chi connectivity index (χ1v) is 5.23. The van der Waals surface area contributed by atoms with Crippen LogP contribution in [-0.2, 0) is 0 Å². The third kappa shape index (κ3) is 1.61. The summed E-state index contributed by atoms with van der Waals surface area (Å²) in [5.74, 6) is 0.524. The number of aromatic nitrogens is 4. The molecule has 0 aliphatic carbocycles. The summed E-state index contributed by atoms with van der Waals surface area (Å²) >= 11 is 0. The second-order valence-electron chi connectivity index (χ2n) is 3.86. The van der Waals surface area contributed by atoms with Gasteiger partial charge < -0.3 is 4.98 Å². The van der Waals surface area contributed by atoms with Gasteiger partial charge in [-0.2, -0.15) is 0 Å². The van der Waals surface area contributed by atoms with E-state index in [1.54, 1.807) is 6.20 Å². The number of fused-ring (bicyclic) bond motifs is 1. The van der Waals surface area contributed by atoms with Crippen molar-refractivity contribution in [2.45, 2.75) is 6.92 Å². The van der Waals surface area contributed by atoms with Crippen LogP contribution >= 0.6 is 0 Å². The minimum Gasteiger partial charge on any atom is -0.305 e. The van der Waals surface area contributed by atoms with Crippen LogP contribution in [0.25, 0.3) is 17.2 Å². The maximum Gasteiger partial charge on any atom is 0.251 e. The van der Waals surface area contributed by atoms with Gasteiger partial charge in [-0.3, -0.25) is 9.20 Å². The minimum atomic E-state index is -0.169. The fourth-order valence-electron chi connectivity index (χ4n) is 1.76. The molecule has 0 bridgehead atoms. The number of nitrogens with one attached hydrogen (secondary N) is 1. The number of pyridine rings is 1. The van der Waals surface area contributed by atoms with Crippen LogP contribution < -0.4 is 5.56 Å². The zero-order chi connectivity index (χ0) is 11.8. The van der Waals surface area contributed by atoms with Crippen LogP contribution in [-0.4, -0.2) is 19.4 Å². The van der Waals surface area contributed by atoms with Crippen molar-refractivity contribution in [3.05, 3.63) is 52.7 Å². The second-order valence-corrected chi connectivity index (χ2v) is 3.86. The van der Waals surface area contributed by atoms with Gasteiger partial charge in [0.1, 0.15) is 11.3 Å². The fraction of sp³-hybridized carbons (Fsp3) is 0.0833. The first-order valence-electron chi connectivity index (χ1n) is 5.23. The van der Waals surface area contributed by atoms with E-state index >= 15 is 0 Å². The van der Waals surface area contributed by atoms with Gasteiger partial charge in [0.2, 0.25) is 0 Å². The van der Waals surface area contributed by atoms with E-state index in [1.807, 2.05) is 29.7 Å². The molecule has 84 valence electrons. The lowest BCUT2D eigenvalue weighted by Gasteiger charge is -2.01. The molecule has 3 aromatic heterocycles. The molecule has 0 unspecified atom stereocenters. The molecule has 17 heavy (non-hydrogen) atoms. The number of aromatic amines is 1. The molecule has 0 atom stereocenters. The Morgan fingerprint density at radius 1 is 1.24 bits per heavy atom. The van der Waals surface area contributed by atoms with Gasteiger partial charge >= 0.3 is 0 Å². The summed E-state index contributed by atoms with van der Waals surface area (Å²) < 4.78 is 1.91. The standard InChI is InChI=1S/C12H10N4O/c1-8-2-3-10-14-6-9(16(10)7-8)12-13-5-4-11(17)15-12/h2-7H,1H3,(H,13,15,17). The second kappa shape index (κ2) is 3.55. The topological polar surface area (TPSA) is 63.0 Å². The Hall–Kier alpha value is -2.43. The molecule has 3 rings (SSSR count). The molecule has 0 aliphatic rings. The molecule has 0 saturated carbocycles. The molecule has 5 nitrogen and oxygen atoms in total. The molecular weight excluding hydrogens is 216 g/mol. The van der Waals surface area contributed by atoms with Gasteiger partial charge in [-0.15, -0.1) is 0 Å². The van der Waals surface area contributed by atoms with Crippen LogP contribution in [0.4, 0.5) is 0 Å². The summed E-state index contributed by atoms with van der Waals surface area (Å²) in [4.78, 5) is 22.4. The van der Waals surface area contributed by atoms with E-state index in [-0.39, 0.29) is 5.56 Å². The summed E-state index contributed by atoms with van der Waals surface area (Å²) in [5, 5.41) is 0. The molecule has 3 heterocycles. The highest BCUT2D eigenvalue weighted by atomic mass is 16.1. The largest absolute Gasteiger partial charge is 0.305 e. The van der Waals surface area contributed by atoms with Gasteiger partial charge in [0, 0.05) is 18.5 Å². The van der Waals surface area contributed by atoms with Crippen LogP contribution in [0.1, 0.15) is 5.56 Å². The summed E-state index contributed by atoms with van der Waals surface area (Å²) in [6.45, 7) is 2.00. The molecule has 0 saturated heterocycles. The number of H-pyrrole nitrogens is 1. The summed E-state index contributed by atoms with van der Waals surface area (Å²) in [6.07, 6.45) is 5.15. The predicted octanol–water partition coefficient (Wildman–Crippen LogP) is 1.39. The maximum absolute atomic E-state index is 11.3. The van der Waals surface area contributed by atoms with E-state index < -0.39 is 0 Å². The Kier molecular flexibility index (Phi) is 2.04. The van der Waals surface area contributed by atoms with Crippen molar-refractivity contribution in [3.8, 4) is 11.5 Å². The molecule has 0 aliphatic heterocycles. The van der Waals surface area contributed by atoms with Crippen molar-refractivity contribution in [3.63, 3.8) is 0 Å². The zero-order valence-electron chi connectivity index (χ0n) is 9.21. The lowest BCUT2D eigenvalue weighted by Crippen LogP contribution is -2.06. The van der Waals surface area contributed by atoms with Gasteiger partial charge in [-0.1, -0.05) is 6.07 Å². The van der Waals surface area contributed by atoms with Crippen LogP contribution in [0.2, 0.25) is 0 Å². The van der Waals surface area contributed by atoms with Gasteiger partial charge in [0.25, 0.3) is 5.56 Å².